The lowest BCUT2D eigenvalue weighted by atomic mass is 9.82. The first-order chi connectivity index (χ1) is 6.18. The van der Waals surface area contributed by atoms with Crippen LogP contribution in [0.4, 0.5) is 0 Å². The van der Waals surface area contributed by atoms with E-state index in [2.05, 4.69) is 0 Å². The van der Waals surface area contributed by atoms with E-state index in [0.717, 1.165) is 25.7 Å². The third-order valence-electron chi connectivity index (χ3n) is 3.44. The minimum atomic E-state index is -0.165. The van der Waals surface area contributed by atoms with Crippen LogP contribution in [0.15, 0.2) is 0 Å². The van der Waals surface area contributed by atoms with Crippen LogP contribution in [0.3, 0.4) is 0 Å². The summed E-state index contributed by atoms with van der Waals surface area (Å²) in [6.45, 7) is 0. The molecule has 2 aliphatic rings. The lowest BCUT2D eigenvalue weighted by molar-refractivity contribution is -0.142. The van der Waals surface area contributed by atoms with E-state index >= 15 is 0 Å². The maximum atomic E-state index is 11.7. The van der Waals surface area contributed by atoms with Crippen molar-refractivity contribution in [3.05, 3.63) is 0 Å². The summed E-state index contributed by atoms with van der Waals surface area (Å²) in [6.07, 6.45) is 4.72. The number of amides is 1. The number of carbonyl (C=O) groups is 1. The molecular weight excluding hydrogens is 166 g/mol. The first kappa shape index (κ1) is 9.00. The molecule has 1 N–H and O–H groups in total. The summed E-state index contributed by atoms with van der Waals surface area (Å²) in [5.74, 6) is 0.589. The van der Waals surface area contributed by atoms with Crippen molar-refractivity contribution in [1.82, 2.24) is 4.90 Å². The van der Waals surface area contributed by atoms with Crippen LogP contribution in [0.25, 0.3) is 0 Å². The number of nitrogens with zero attached hydrogens (tertiary/aromatic N) is 1. The number of aliphatic hydroxyl groups is 1. The predicted molar refractivity (Wildman–Crippen MR) is 49.1 cm³/mol. The Morgan fingerprint density at radius 1 is 1.38 bits per heavy atom. The second-order valence-corrected chi connectivity index (χ2v) is 4.36. The zero-order valence-corrected chi connectivity index (χ0v) is 8.07. The predicted octanol–water partition coefficient (Wildman–Crippen LogP) is 0.768. The number of hydrogen-bond acceptors (Lipinski definition) is 2. The number of aliphatic hydroxyl groups excluding tert-OH is 1. The van der Waals surface area contributed by atoms with Crippen molar-refractivity contribution in [3.63, 3.8) is 0 Å². The van der Waals surface area contributed by atoms with E-state index in [1.54, 1.807) is 0 Å². The Bertz CT molecular complexity index is 207. The summed E-state index contributed by atoms with van der Waals surface area (Å²) in [5.41, 5.74) is 0. The molecular formula is C10H17NO2. The van der Waals surface area contributed by atoms with Gasteiger partial charge in [-0.2, -0.15) is 0 Å². The molecule has 74 valence electrons. The van der Waals surface area contributed by atoms with Gasteiger partial charge in [0.2, 0.25) is 5.91 Å². The number of hydrogen-bond donors (Lipinski definition) is 1. The van der Waals surface area contributed by atoms with Crippen LogP contribution in [0, 0.1) is 5.92 Å². The van der Waals surface area contributed by atoms with Crippen molar-refractivity contribution >= 4 is 5.91 Å². The molecule has 3 heteroatoms. The van der Waals surface area contributed by atoms with E-state index in [1.165, 1.54) is 6.42 Å². The summed E-state index contributed by atoms with van der Waals surface area (Å²) in [7, 11) is 1.87. The number of carbonyl (C=O) groups excluding carboxylic acids is 1. The monoisotopic (exact) mass is 183 g/mol. The molecule has 2 saturated carbocycles. The molecule has 3 nitrogen and oxygen atoms in total. The van der Waals surface area contributed by atoms with Gasteiger partial charge in [0.15, 0.2) is 0 Å². The molecule has 0 heterocycles. The van der Waals surface area contributed by atoms with Crippen LogP contribution >= 0.6 is 0 Å². The Hall–Kier alpha value is -0.570. The van der Waals surface area contributed by atoms with Gasteiger partial charge in [0, 0.05) is 19.0 Å². The third kappa shape index (κ3) is 1.57. The minimum Gasteiger partial charge on any atom is -0.393 e. The van der Waals surface area contributed by atoms with Gasteiger partial charge in [-0.05, 0) is 25.7 Å². The Kier molecular flexibility index (Phi) is 2.28. The van der Waals surface area contributed by atoms with Gasteiger partial charge in [-0.1, -0.05) is 6.42 Å². The van der Waals surface area contributed by atoms with Gasteiger partial charge in [-0.3, -0.25) is 4.79 Å². The fraction of sp³-hybridized carbons (Fsp3) is 0.900. The number of rotatable bonds is 2. The van der Waals surface area contributed by atoms with Gasteiger partial charge in [-0.25, -0.2) is 0 Å². The molecule has 2 fully saturated rings. The van der Waals surface area contributed by atoms with Crippen LogP contribution in [0.5, 0.6) is 0 Å². The Balaban J connectivity index is 1.82. The van der Waals surface area contributed by atoms with E-state index in [0.29, 0.717) is 17.9 Å². The van der Waals surface area contributed by atoms with Gasteiger partial charge < -0.3 is 10.0 Å². The van der Waals surface area contributed by atoms with Crippen molar-refractivity contribution in [2.75, 3.05) is 7.05 Å². The van der Waals surface area contributed by atoms with E-state index < -0.39 is 0 Å². The lowest BCUT2D eigenvalue weighted by Gasteiger charge is -2.41. The van der Waals surface area contributed by atoms with E-state index in [1.807, 2.05) is 11.9 Å². The highest BCUT2D eigenvalue weighted by Gasteiger charge is 2.36. The summed E-state index contributed by atoms with van der Waals surface area (Å²) in [6, 6.07) is 0.308. The normalized spacial score (nSPS) is 33.4. The van der Waals surface area contributed by atoms with E-state index in [9.17, 15) is 4.79 Å². The molecule has 0 aromatic rings. The average molecular weight is 183 g/mol. The molecule has 1 amide bonds. The molecule has 0 aromatic heterocycles. The van der Waals surface area contributed by atoms with Crippen LogP contribution in [0.2, 0.25) is 0 Å². The molecule has 0 unspecified atom stereocenters. The molecule has 0 bridgehead atoms. The highest BCUT2D eigenvalue weighted by molar-refractivity contribution is 5.79. The zero-order valence-electron chi connectivity index (χ0n) is 8.07. The Labute approximate surface area is 78.7 Å². The third-order valence-corrected chi connectivity index (χ3v) is 3.44. The standard InChI is InChI=1S/C10H17NO2/c1-11(8-5-9(12)6-8)10(13)7-3-2-4-7/h7-9,12H,2-6H2,1H3. The Morgan fingerprint density at radius 3 is 2.38 bits per heavy atom. The van der Waals surface area contributed by atoms with Crippen molar-refractivity contribution in [2.24, 2.45) is 5.92 Å². The molecule has 0 saturated heterocycles. The van der Waals surface area contributed by atoms with Crippen molar-refractivity contribution in [1.29, 1.82) is 0 Å². The maximum Gasteiger partial charge on any atom is 0.225 e. The van der Waals surface area contributed by atoms with Gasteiger partial charge >= 0.3 is 0 Å². The van der Waals surface area contributed by atoms with Crippen molar-refractivity contribution in [2.45, 2.75) is 44.2 Å². The van der Waals surface area contributed by atoms with Gasteiger partial charge in [0.25, 0.3) is 0 Å². The van der Waals surface area contributed by atoms with Gasteiger partial charge in [0.1, 0.15) is 0 Å². The smallest absolute Gasteiger partial charge is 0.225 e. The second kappa shape index (κ2) is 3.29. The molecule has 0 aliphatic heterocycles. The maximum absolute atomic E-state index is 11.7. The summed E-state index contributed by atoms with van der Waals surface area (Å²) < 4.78 is 0. The molecule has 0 radical (unpaired) electrons. The second-order valence-electron chi connectivity index (χ2n) is 4.36. The largest absolute Gasteiger partial charge is 0.393 e. The van der Waals surface area contributed by atoms with Crippen LogP contribution < -0.4 is 0 Å². The van der Waals surface area contributed by atoms with Gasteiger partial charge in [0.05, 0.1) is 6.10 Å². The Morgan fingerprint density at radius 2 is 2.00 bits per heavy atom. The summed E-state index contributed by atoms with van der Waals surface area (Å²) in [4.78, 5) is 13.6. The van der Waals surface area contributed by atoms with E-state index in [-0.39, 0.29) is 6.10 Å². The molecule has 2 aliphatic carbocycles. The average Bonchev–Trinajstić information content (AvgIpc) is 1.94. The van der Waals surface area contributed by atoms with Gasteiger partial charge in [-0.15, -0.1) is 0 Å². The molecule has 0 atom stereocenters. The van der Waals surface area contributed by atoms with Crippen LogP contribution in [-0.2, 0) is 4.79 Å². The van der Waals surface area contributed by atoms with Crippen LogP contribution in [0.1, 0.15) is 32.1 Å². The zero-order chi connectivity index (χ0) is 9.42. The molecule has 0 spiro atoms. The van der Waals surface area contributed by atoms with Crippen LogP contribution in [-0.4, -0.2) is 35.1 Å². The first-order valence-electron chi connectivity index (χ1n) is 5.13. The van der Waals surface area contributed by atoms with E-state index in [4.69, 9.17) is 5.11 Å². The fourth-order valence-corrected chi connectivity index (χ4v) is 2.00. The minimum absolute atomic E-state index is 0.165. The molecule has 0 aromatic carbocycles. The summed E-state index contributed by atoms with van der Waals surface area (Å²) in [5, 5.41) is 9.12. The molecule has 13 heavy (non-hydrogen) atoms. The summed E-state index contributed by atoms with van der Waals surface area (Å²) >= 11 is 0. The van der Waals surface area contributed by atoms with Crippen molar-refractivity contribution < 1.29 is 9.90 Å². The fourth-order valence-electron chi connectivity index (χ4n) is 2.00. The molecule has 2 rings (SSSR count). The highest BCUT2D eigenvalue weighted by Crippen LogP contribution is 2.31. The lowest BCUT2D eigenvalue weighted by Crippen LogP contribution is -2.50. The first-order valence-corrected chi connectivity index (χ1v) is 5.13. The van der Waals surface area contributed by atoms with Crippen molar-refractivity contribution in [3.8, 4) is 0 Å². The quantitative estimate of drug-likeness (QED) is 0.687. The highest BCUT2D eigenvalue weighted by atomic mass is 16.3. The SMILES string of the molecule is CN(C(=O)C1CCC1)C1CC(O)C1. The topological polar surface area (TPSA) is 40.5 Å².